The van der Waals surface area contributed by atoms with Crippen LogP contribution in [0.3, 0.4) is 0 Å². The van der Waals surface area contributed by atoms with Gasteiger partial charge in [0.1, 0.15) is 0 Å². The minimum atomic E-state index is -0.142. The summed E-state index contributed by atoms with van der Waals surface area (Å²) >= 11 is 0. The Morgan fingerprint density at radius 2 is 1.71 bits per heavy atom. The van der Waals surface area contributed by atoms with Gasteiger partial charge in [0.15, 0.2) is 0 Å². The Kier molecular flexibility index (Phi) is 5.46. The van der Waals surface area contributed by atoms with Gasteiger partial charge in [0.2, 0.25) is 0 Å². The van der Waals surface area contributed by atoms with Gasteiger partial charge in [-0.3, -0.25) is 0 Å². The molecule has 5 aliphatic carbocycles. The lowest BCUT2D eigenvalue weighted by Crippen LogP contribution is -2.57. The Bertz CT molecular complexity index is 688. The van der Waals surface area contributed by atoms with Crippen molar-refractivity contribution in [2.75, 3.05) is 7.11 Å². The van der Waals surface area contributed by atoms with E-state index < -0.39 is 0 Å². The molecule has 0 aromatic rings. The molecule has 1 N–H and O–H groups in total. The van der Waals surface area contributed by atoms with Crippen molar-refractivity contribution in [1.82, 2.24) is 0 Å². The summed E-state index contributed by atoms with van der Waals surface area (Å²) in [6.45, 7) is 14.6. The molecule has 5 fully saturated rings. The Balaban J connectivity index is 1.37. The molecule has 5 saturated carbocycles. The molecular formula is C29H50O2. The fourth-order valence-electron chi connectivity index (χ4n) is 10.6. The van der Waals surface area contributed by atoms with Gasteiger partial charge in [-0.25, -0.2) is 0 Å². The Morgan fingerprint density at radius 1 is 0.968 bits per heavy atom. The molecule has 5 rings (SSSR count). The minimum absolute atomic E-state index is 0.142. The first-order valence-corrected chi connectivity index (χ1v) is 13.8. The van der Waals surface area contributed by atoms with Gasteiger partial charge in [0.25, 0.3) is 0 Å². The highest BCUT2D eigenvalue weighted by atomic mass is 16.5. The van der Waals surface area contributed by atoms with Gasteiger partial charge < -0.3 is 9.84 Å². The fraction of sp³-hybridized carbons (Fsp3) is 1.00. The largest absolute Gasteiger partial charge is 0.393 e. The molecule has 0 heterocycles. The maximum atomic E-state index is 11.2. The highest BCUT2D eigenvalue weighted by Crippen LogP contribution is 2.82. The first-order valence-electron chi connectivity index (χ1n) is 13.8. The monoisotopic (exact) mass is 430 g/mol. The van der Waals surface area contributed by atoms with Crippen LogP contribution in [0.5, 0.6) is 0 Å². The van der Waals surface area contributed by atoms with Crippen LogP contribution in [-0.4, -0.2) is 24.4 Å². The van der Waals surface area contributed by atoms with E-state index in [1.165, 1.54) is 51.4 Å². The molecule has 2 heteroatoms. The van der Waals surface area contributed by atoms with Crippen LogP contribution >= 0.6 is 0 Å². The van der Waals surface area contributed by atoms with Crippen LogP contribution in [0.25, 0.3) is 0 Å². The summed E-state index contributed by atoms with van der Waals surface area (Å²) < 4.78 is 6.28. The van der Waals surface area contributed by atoms with Crippen molar-refractivity contribution in [3.05, 3.63) is 0 Å². The minimum Gasteiger partial charge on any atom is -0.393 e. The van der Waals surface area contributed by atoms with Crippen molar-refractivity contribution in [2.45, 2.75) is 112 Å². The maximum Gasteiger partial charge on any atom is 0.0638 e. The molecule has 0 bridgehead atoms. The van der Waals surface area contributed by atoms with E-state index in [1.807, 2.05) is 7.11 Å². The summed E-state index contributed by atoms with van der Waals surface area (Å²) in [5, 5.41) is 11.2. The number of ether oxygens (including phenoxy) is 1. The smallest absolute Gasteiger partial charge is 0.0638 e. The van der Waals surface area contributed by atoms with E-state index in [1.54, 1.807) is 0 Å². The van der Waals surface area contributed by atoms with E-state index in [0.717, 1.165) is 30.1 Å². The lowest BCUT2D eigenvalue weighted by Gasteiger charge is -2.61. The Hall–Kier alpha value is -0.0800. The zero-order valence-electron chi connectivity index (χ0n) is 21.5. The van der Waals surface area contributed by atoms with Crippen LogP contribution in [0.1, 0.15) is 99.3 Å². The summed E-state index contributed by atoms with van der Waals surface area (Å²) in [5.41, 5.74) is 1.48. The normalized spacial score (nSPS) is 53.3. The molecule has 1 spiro atoms. The summed E-state index contributed by atoms with van der Waals surface area (Å²) in [6, 6.07) is 0. The van der Waals surface area contributed by atoms with Gasteiger partial charge >= 0.3 is 0 Å². The van der Waals surface area contributed by atoms with E-state index in [2.05, 4.69) is 41.5 Å². The average molecular weight is 431 g/mol. The van der Waals surface area contributed by atoms with Crippen molar-refractivity contribution in [3.8, 4) is 0 Å². The van der Waals surface area contributed by atoms with Gasteiger partial charge in [0.05, 0.1) is 12.2 Å². The van der Waals surface area contributed by atoms with Crippen molar-refractivity contribution in [3.63, 3.8) is 0 Å². The Labute approximate surface area is 192 Å². The number of hydrogen-bond donors (Lipinski definition) is 1. The topological polar surface area (TPSA) is 29.5 Å². The lowest BCUT2D eigenvalue weighted by atomic mass is 9.45. The quantitative estimate of drug-likeness (QED) is 0.494. The van der Waals surface area contributed by atoms with Crippen LogP contribution in [0.2, 0.25) is 0 Å². The molecule has 2 nitrogen and oxygen atoms in total. The molecule has 0 unspecified atom stereocenters. The number of aliphatic hydroxyl groups excluding tert-OH is 1. The number of fused-ring (bicyclic) bond motifs is 4. The third kappa shape index (κ3) is 2.95. The summed E-state index contributed by atoms with van der Waals surface area (Å²) in [4.78, 5) is 0. The average Bonchev–Trinajstić information content (AvgIpc) is 3.24. The summed E-state index contributed by atoms with van der Waals surface area (Å²) in [5.74, 6) is 5.95. The first kappa shape index (κ1) is 22.7. The fourth-order valence-corrected chi connectivity index (χ4v) is 10.6. The van der Waals surface area contributed by atoms with Crippen molar-refractivity contribution in [2.24, 2.45) is 63.6 Å². The zero-order valence-corrected chi connectivity index (χ0v) is 21.5. The Morgan fingerprint density at radius 3 is 2.35 bits per heavy atom. The second-order valence-corrected chi connectivity index (χ2v) is 13.8. The molecule has 5 aliphatic rings. The standard InChI is InChI=1S/C29H50O2/c1-17(2)18(3)14-25(30)19(4)22-8-9-23-21-15-26(31-7)29-16-20(29)10-13-28(29,6)24(21)11-12-27(22,23)5/h17-26,30H,8-16H2,1-7H3/t18-,19+,20+,21+,22-,23+,24+,25+,26-,27-,28-,29+/m1/s1. The van der Waals surface area contributed by atoms with Crippen LogP contribution in [0.4, 0.5) is 0 Å². The molecule has 0 amide bonds. The van der Waals surface area contributed by atoms with E-state index in [4.69, 9.17) is 4.74 Å². The first-order chi connectivity index (χ1) is 14.6. The molecule has 178 valence electrons. The van der Waals surface area contributed by atoms with Gasteiger partial charge in [0, 0.05) is 12.5 Å². The van der Waals surface area contributed by atoms with Gasteiger partial charge in [-0.1, -0.05) is 41.5 Å². The van der Waals surface area contributed by atoms with Crippen molar-refractivity contribution in [1.29, 1.82) is 0 Å². The van der Waals surface area contributed by atoms with E-state index >= 15 is 0 Å². The third-order valence-electron chi connectivity index (χ3n) is 12.9. The SMILES string of the molecule is CO[C@@H]1C[C@H]2[C@@H]3CC[C@H]([C@H](C)[C@@H](O)C[C@@H](C)C(C)C)[C@@]3(C)CC[C@@H]2[C@@]2(C)CC[C@H]3C[C@]312. The van der Waals surface area contributed by atoms with Crippen LogP contribution in [0.15, 0.2) is 0 Å². The van der Waals surface area contributed by atoms with Crippen molar-refractivity contribution >= 4 is 0 Å². The van der Waals surface area contributed by atoms with Crippen molar-refractivity contribution < 1.29 is 9.84 Å². The van der Waals surface area contributed by atoms with E-state index in [9.17, 15) is 5.11 Å². The predicted molar refractivity (Wildman–Crippen MR) is 128 cm³/mol. The van der Waals surface area contributed by atoms with E-state index in [-0.39, 0.29) is 6.10 Å². The predicted octanol–water partition coefficient (Wildman–Crippen LogP) is 6.95. The molecule has 0 saturated heterocycles. The lowest BCUT2D eigenvalue weighted by molar-refractivity contribution is -0.162. The second-order valence-electron chi connectivity index (χ2n) is 13.8. The molecule has 0 radical (unpaired) electrons. The second kappa shape index (κ2) is 7.46. The van der Waals surface area contributed by atoms with Gasteiger partial charge in [-0.05, 0) is 116 Å². The van der Waals surface area contributed by atoms with Gasteiger partial charge in [-0.2, -0.15) is 0 Å². The summed E-state index contributed by atoms with van der Waals surface area (Å²) in [6.07, 6.45) is 12.6. The van der Waals surface area contributed by atoms with E-state index in [0.29, 0.717) is 46.0 Å². The molecule has 0 aliphatic heterocycles. The molecular weight excluding hydrogens is 380 g/mol. The summed E-state index contributed by atoms with van der Waals surface area (Å²) in [7, 11) is 2.00. The molecule has 0 aromatic carbocycles. The zero-order chi connectivity index (χ0) is 22.3. The van der Waals surface area contributed by atoms with Crippen LogP contribution < -0.4 is 0 Å². The number of methoxy groups -OCH3 is 1. The number of aliphatic hydroxyl groups is 1. The maximum absolute atomic E-state index is 11.2. The molecule has 12 atom stereocenters. The highest BCUT2D eigenvalue weighted by Gasteiger charge is 2.77. The third-order valence-corrected chi connectivity index (χ3v) is 12.9. The number of hydrogen-bond acceptors (Lipinski definition) is 2. The number of rotatable bonds is 6. The van der Waals surface area contributed by atoms with Gasteiger partial charge in [-0.15, -0.1) is 0 Å². The highest BCUT2D eigenvalue weighted by molar-refractivity contribution is 5.26. The van der Waals surface area contributed by atoms with Crippen LogP contribution in [-0.2, 0) is 4.74 Å². The molecule has 31 heavy (non-hydrogen) atoms. The molecule has 0 aromatic heterocycles. The van der Waals surface area contributed by atoms with Crippen LogP contribution in [0, 0.1) is 63.6 Å².